The van der Waals surface area contributed by atoms with Gasteiger partial charge in [0, 0.05) is 17.7 Å². The molecule has 1 aromatic heterocycles. The average molecular weight is 374 g/mol. The summed E-state index contributed by atoms with van der Waals surface area (Å²) in [5, 5.41) is 10.7. The predicted molar refractivity (Wildman–Crippen MR) is 90.5 cm³/mol. The Morgan fingerprint density at radius 1 is 1.13 bits per heavy atom. The van der Waals surface area contributed by atoms with Crippen LogP contribution in [0.5, 0.6) is 5.75 Å². The second-order valence-electron chi connectivity index (χ2n) is 4.79. The Morgan fingerprint density at radius 2 is 1.83 bits per heavy atom. The van der Waals surface area contributed by atoms with Gasteiger partial charge in [-0.1, -0.05) is 12.1 Å². The Kier molecular flexibility index (Phi) is 4.16. The molecule has 0 bridgehead atoms. The summed E-state index contributed by atoms with van der Waals surface area (Å²) in [5.74, 6) is 1.97. The van der Waals surface area contributed by atoms with Crippen LogP contribution in [0.2, 0.25) is 0 Å². The molecule has 0 radical (unpaired) electrons. The van der Waals surface area contributed by atoms with Gasteiger partial charge in [0.05, 0.1) is 22.1 Å². The molecule has 23 heavy (non-hydrogen) atoms. The molecule has 0 N–H and O–H groups in total. The Bertz CT molecular complexity index is 855. The lowest BCUT2D eigenvalue weighted by atomic mass is 10.1. The standard InChI is InChI=1S/C17H12BrNO4/c1-22-15-5-3-2-4-13(15)17-14(18)10-16(23-17)11-6-8-12(9-7-11)19(20)21/h2-10H,1H3. The largest absolute Gasteiger partial charge is 0.496 e. The molecule has 0 saturated carbocycles. The number of nitro benzene ring substituents is 1. The van der Waals surface area contributed by atoms with E-state index >= 15 is 0 Å². The molecule has 0 amide bonds. The molecule has 0 fully saturated rings. The van der Waals surface area contributed by atoms with Crippen molar-refractivity contribution in [1.82, 2.24) is 0 Å². The van der Waals surface area contributed by atoms with E-state index in [0.717, 1.165) is 15.6 Å². The third-order valence-corrected chi connectivity index (χ3v) is 3.99. The van der Waals surface area contributed by atoms with Crippen molar-refractivity contribution in [2.45, 2.75) is 0 Å². The van der Waals surface area contributed by atoms with Crippen molar-refractivity contribution in [2.75, 3.05) is 7.11 Å². The van der Waals surface area contributed by atoms with Crippen LogP contribution in [0.3, 0.4) is 0 Å². The maximum Gasteiger partial charge on any atom is 0.269 e. The summed E-state index contributed by atoms with van der Waals surface area (Å²) in [7, 11) is 1.60. The third kappa shape index (κ3) is 2.98. The van der Waals surface area contributed by atoms with Crippen molar-refractivity contribution in [3.63, 3.8) is 0 Å². The van der Waals surface area contributed by atoms with Crippen LogP contribution < -0.4 is 4.74 Å². The number of nitrogens with zero attached hydrogens (tertiary/aromatic N) is 1. The van der Waals surface area contributed by atoms with Gasteiger partial charge in [-0.25, -0.2) is 0 Å². The van der Waals surface area contributed by atoms with Gasteiger partial charge in [0.15, 0.2) is 5.76 Å². The molecule has 0 saturated heterocycles. The highest BCUT2D eigenvalue weighted by molar-refractivity contribution is 9.10. The Labute approximate surface area is 140 Å². The van der Waals surface area contributed by atoms with Crippen molar-refractivity contribution in [1.29, 1.82) is 0 Å². The first-order chi connectivity index (χ1) is 11.1. The summed E-state index contributed by atoms with van der Waals surface area (Å²) in [6, 6.07) is 15.6. The SMILES string of the molecule is COc1ccccc1-c1oc(-c2ccc([N+](=O)[O-])cc2)cc1Br. The smallest absolute Gasteiger partial charge is 0.269 e. The van der Waals surface area contributed by atoms with Crippen LogP contribution in [0, 0.1) is 10.1 Å². The molecule has 5 nitrogen and oxygen atoms in total. The van der Waals surface area contributed by atoms with Crippen LogP contribution in [-0.2, 0) is 0 Å². The lowest BCUT2D eigenvalue weighted by Crippen LogP contribution is -1.87. The predicted octanol–water partition coefficient (Wildman–Crippen LogP) is 5.29. The third-order valence-electron chi connectivity index (χ3n) is 3.40. The van der Waals surface area contributed by atoms with E-state index in [9.17, 15) is 10.1 Å². The summed E-state index contributed by atoms with van der Waals surface area (Å²) < 4.78 is 12.1. The first-order valence-electron chi connectivity index (χ1n) is 6.77. The van der Waals surface area contributed by atoms with Crippen molar-refractivity contribution in [3.8, 4) is 28.4 Å². The van der Waals surface area contributed by atoms with Crippen LogP contribution >= 0.6 is 15.9 Å². The maximum atomic E-state index is 10.7. The van der Waals surface area contributed by atoms with Crippen molar-refractivity contribution in [3.05, 3.63) is 69.2 Å². The summed E-state index contributed by atoms with van der Waals surface area (Å²) in [4.78, 5) is 10.3. The first-order valence-corrected chi connectivity index (χ1v) is 7.57. The molecule has 0 atom stereocenters. The van der Waals surface area contributed by atoms with Gasteiger partial charge < -0.3 is 9.15 Å². The maximum absolute atomic E-state index is 10.7. The molecule has 2 aromatic carbocycles. The Balaban J connectivity index is 2.02. The van der Waals surface area contributed by atoms with Gasteiger partial charge in [0.2, 0.25) is 0 Å². The van der Waals surface area contributed by atoms with Crippen molar-refractivity contribution >= 4 is 21.6 Å². The van der Waals surface area contributed by atoms with Crippen LogP contribution in [0.4, 0.5) is 5.69 Å². The Hall–Kier alpha value is -2.60. The molecule has 3 rings (SSSR count). The zero-order valence-electron chi connectivity index (χ0n) is 12.2. The zero-order chi connectivity index (χ0) is 16.4. The number of furan rings is 1. The molecular weight excluding hydrogens is 362 g/mol. The van der Waals surface area contributed by atoms with Crippen molar-refractivity contribution < 1.29 is 14.1 Å². The number of methoxy groups -OCH3 is 1. The minimum atomic E-state index is -0.428. The van der Waals surface area contributed by atoms with E-state index in [1.54, 1.807) is 19.2 Å². The number of non-ortho nitro benzene ring substituents is 1. The number of nitro groups is 1. The molecule has 0 aliphatic heterocycles. The first kappa shape index (κ1) is 15.3. The molecule has 3 aromatic rings. The summed E-state index contributed by atoms with van der Waals surface area (Å²) in [6.45, 7) is 0. The van der Waals surface area contributed by atoms with Crippen molar-refractivity contribution in [2.24, 2.45) is 0 Å². The quantitative estimate of drug-likeness (QED) is 0.460. The second kappa shape index (κ2) is 6.26. The zero-order valence-corrected chi connectivity index (χ0v) is 13.7. The van der Waals surface area contributed by atoms with Crippen LogP contribution in [0.15, 0.2) is 63.5 Å². The van der Waals surface area contributed by atoms with E-state index in [-0.39, 0.29) is 5.69 Å². The minimum absolute atomic E-state index is 0.0457. The van der Waals surface area contributed by atoms with E-state index in [1.165, 1.54) is 12.1 Å². The number of benzene rings is 2. The van der Waals surface area contributed by atoms with E-state index in [1.807, 2.05) is 30.3 Å². The summed E-state index contributed by atoms with van der Waals surface area (Å²) in [6.07, 6.45) is 0. The number of para-hydroxylation sites is 1. The monoisotopic (exact) mass is 373 g/mol. The van der Waals surface area contributed by atoms with Gasteiger partial charge in [0.1, 0.15) is 11.5 Å². The molecule has 0 aliphatic carbocycles. The number of ether oxygens (including phenoxy) is 1. The molecule has 1 heterocycles. The van der Waals surface area contributed by atoms with Gasteiger partial charge in [-0.05, 0) is 46.3 Å². The van der Waals surface area contributed by atoms with Gasteiger partial charge in [0.25, 0.3) is 5.69 Å². The lowest BCUT2D eigenvalue weighted by molar-refractivity contribution is -0.384. The highest BCUT2D eigenvalue weighted by atomic mass is 79.9. The van der Waals surface area contributed by atoms with Crippen LogP contribution in [-0.4, -0.2) is 12.0 Å². The van der Waals surface area contributed by atoms with E-state index < -0.39 is 4.92 Å². The Morgan fingerprint density at radius 3 is 2.48 bits per heavy atom. The average Bonchev–Trinajstić information content (AvgIpc) is 2.96. The summed E-state index contributed by atoms with van der Waals surface area (Å²) in [5.41, 5.74) is 1.64. The number of rotatable bonds is 4. The normalized spacial score (nSPS) is 10.5. The second-order valence-corrected chi connectivity index (χ2v) is 5.65. The fourth-order valence-electron chi connectivity index (χ4n) is 2.27. The molecule has 116 valence electrons. The van der Waals surface area contributed by atoms with E-state index in [0.29, 0.717) is 17.3 Å². The van der Waals surface area contributed by atoms with Gasteiger partial charge >= 0.3 is 0 Å². The van der Waals surface area contributed by atoms with Crippen LogP contribution in [0.1, 0.15) is 0 Å². The van der Waals surface area contributed by atoms with Gasteiger partial charge in [-0.15, -0.1) is 0 Å². The topological polar surface area (TPSA) is 65.5 Å². The fraction of sp³-hybridized carbons (Fsp3) is 0.0588. The van der Waals surface area contributed by atoms with Gasteiger partial charge in [-0.2, -0.15) is 0 Å². The molecular formula is C17H12BrNO4. The molecule has 0 aliphatic rings. The highest BCUT2D eigenvalue weighted by Gasteiger charge is 2.16. The van der Waals surface area contributed by atoms with Crippen LogP contribution in [0.25, 0.3) is 22.6 Å². The van der Waals surface area contributed by atoms with E-state index in [2.05, 4.69) is 15.9 Å². The minimum Gasteiger partial charge on any atom is -0.496 e. The van der Waals surface area contributed by atoms with Gasteiger partial charge in [-0.3, -0.25) is 10.1 Å². The molecule has 6 heteroatoms. The molecule has 0 spiro atoms. The fourth-order valence-corrected chi connectivity index (χ4v) is 2.78. The lowest BCUT2D eigenvalue weighted by Gasteiger charge is -2.06. The number of hydrogen-bond donors (Lipinski definition) is 0. The summed E-state index contributed by atoms with van der Waals surface area (Å²) >= 11 is 3.49. The number of hydrogen-bond acceptors (Lipinski definition) is 4. The molecule has 0 unspecified atom stereocenters. The number of halogens is 1. The highest BCUT2D eigenvalue weighted by Crippen LogP contribution is 2.40. The van der Waals surface area contributed by atoms with E-state index in [4.69, 9.17) is 9.15 Å².